The molecular formula is C36H54N4O7. The summed E-state index contributed by atoms with van der Waals surface area (Å²) in [6.45, 7) is 8.54. The molecule has 0 unspecified atom stereocenters. The Hall–Kier alpha value is -3.51. The highest BCUT2D eigenvalue weighted by molar-refractivity contribution is 5.99. The van der Waals surface area contributed by atoms with E-state index in [2.05, 4.69) is 17.1 Å². The monoisotopic (exact) mass is 654 g/mol. The zero-order valence-corrected chi connectivity index (χ0v) is 28.9. The molecule has 47 heavy (non-hydrogen) atoms. The molecule has 2 amide bonds. The van der Waals surface area contributed by atoms with Gasteiger partial charge in [-0.3, -0.25) is 14.5 Å². The predicted molar refractivity (Wildman–Crippen MR) is 183 cm³/mol. The highest BCUT2D eigenvalue weighted by Gasteiger charge is 2.30. The molecule has 0 bridgehead atoms. The number of hydrogen-bond acceptors (Lipinski definition) is 8. The summed E-state index contributed by atoms with van der Waals surface area (Å²) in [5.74, 6) is -0.995. The number of likely N-dealkylation sites (N-methyl/N-ethyl adjacent to an activating group) is 1. The van der Waals surface area contributed by atoms with Crippen LogP contribution in [0.2, 0.25) is 0 Å². The van der Waals surface area contributed by atoms with Crippen LogP contribution in [-0.2, 0) is 16.1 Å². The standard InChI is InChI=1S/C36H54N4O7/c1-25-21-40(26(2)24-41)35(43)31-20-30(37-34(42)11-9-18-38(4)5)16-17-32(31)47-27(3)10-7-8-19-46-33(25)23-39(6)22-28-12-14-29(15-13-28)36(44)45/h12-17,20,25-27,33,41H,7-11,18-19,21-24H2,1-6H3,(H,37,42)(H,44,45)/t25-,26+,27-,33+/m0/s1. The number of anilines is 1. The number of hydrogen-bond donors (Lipinski definition) is 3. The molecule has 0 fully saturated rings. The van der Waals surface area contributed by atoms with Gasteiger partial charge in [-0.15, -0.1) is 0 Å². The molecule has 3 N–H and O–H groups in total. The van der Waals surface area contributed by atoms with Crippen LogP contribution in [-0.4, -0.2) is 115 Å². The Labute approximate surface area is 279 Å². The van der Waals surface area contributed by atoms with Crippen LogP contribution in [0, 0.1) is 5.92 Å². The lowest BCUT2D eigenvalue weighted by Gasteiger charge is -2.36. The summed E-state index contributed by atoms with van der Waals surface area (Å²) in [6, 6.07) is 11.6. The Bertz CT molecular complexity index is 1300. The van der Waals surface area contributed by atoms with Crippen molar-refractivity contribution >= 4 is 23.5 Å². The molecule has 11 nitrogen and oxygen atoms in total. The number of rotatable bonds is 12. The van der Waals surface area contributed by atoms with Gasteiger partial charge in [-0.1, -0.05) is 19.1 Å². The Morgan fingerprint density at radius 1 is 1.09 bits per heavy atom. The maximum Gasteiger partial charge on any atom is 0.335 e. The Morgan fingerprint density at radius 2 is 1.81 bits per heavy atom. The largest absolute Gasteiger partial charge is 0.490 e. The van der Waals surface area contributed by atoms with E-state index in [9.17, 15) is 24.6 Å². The predicted octanol–water partition coefficient (Wildman–Crippen LogP) is 4.59. The number of fused-ring (bicyclic) bond motifs is 1. The second-order valence-electron chi connectivity index (χ2n) is 13.2. The third-order valence-electron chi connectivity index (χ3n) is 8.49. The molecule has 1 heterocycles. The highest BCUT2D eigenvalue weighted by Crippen LogP contribution is 2.29. The number of nitrogens with one attached hydrogen (secondary N) is 1. The number of ether oxygens (including phenoxy) is 2. The van der Waals surface area contributed by atoms with Gasteiger partial charge in [-0.2, -0.15) is 0 Å². The van der Waals surface area contributed by atoms with Crippen molar-refractivity contribution < 1.29 is 34.1 Å². The van der Waals surface area contributed by atoms with Gasteiger partial charge in [0.2, 0.25) is 5.91 Å². The van der Waals surface area contributed by atoms with E-state index in [0.29, 0.717) is 49.7 Å². The van der Waals surface area contributed by atoms with Crippen molar-refractivity contribution in [2.24, 2.45) is 5.92 Å². The lowest BCUT2D eigenvalue weighted by Crippen LogP contribution is -2.47. The van der Waals surface area contributed by atoms with Gasteiger partial charge in [0.1, 0.15) is 5.75 Å². The molecule has 0 radical (unpaired) electrons. The van der Waals surface area contributed by atoms with Gasteiger partial charge >= 0.3 is 5.97 Å². The minimum absolute atomic E-state index is 0.0874. The molecule has 260 valence electrons. The third-order valence-corrected chi connectivity index (χ3v) is 8.49. The lowest BCUT2D eigenvalue weighted by atomic mass is 10.0. The second kappa shape index (κ2) is 18.7. The first kappa shape index (κ1) is 37.9. The SMILES string of the molecule is C[C@H](CO)N1C[C@H](C)[C@@H](CN(C)Cc2ccc(C(=O)O)cc2)OCCCC[C@H](C)Oc2ccc(NC(=O)CCCN(C)C)cc2C1=O. The van der Waals surface area contributed by atoms with Crippen LogP contribution < -0.4 is 10.1 Å². The number of carbonyl (C=O) groups excluding carboxylic acids is 2. The van der Waals surface area contributed by atoms with E-state index >= 15 is 0 Å². The van der Waals surface area contributed by atoms with Crippen LogP contribution in [0.3, 0.4) is 0 Å². The zero-order valence-electron chi connectivity index (χ0n) is 28.9. The summed E-state index contributed by atoms with van der Waals surface area (Å²) < 4.78 is 12.8. The molecule has 2 aromatic carbocycles. The summed E-state index contributed by atoms with van der Waals surface area (Å²) in [6.07, 6.45) is 3.27. The van der Waals surface area contributed by atoms with Crippen LogP contribution in [0.4, 0.5) is 5.69 Å². The topological polar surface area (TPSA) is 132 Å². The van der Waals surface area contributed by atoms with Gasteiger partial charge in [0, 0.05) is 44.3 Å². The molecule has 4 atom stereocenters. The molecule has 1 aliphatic rings. The number of carboxylic acids is 1. The Balaban J connectivity index is 1.85. The first-order valence-corrected chi connectivity index (χ1v) is 16.7. The van der Waals surface area contributed by atoms with E-state index in [4.69, 9.17) is 9.47 Å². The number of aliphatic hydroxyl groups excluding tert-OH is 1. The van der Waals surface area contributed by atoms with Gasteiger partial charge in [0.05, 0.1) is 36.0 Å². The van der Waals surface area contributed by atoms with Gasteiger partial charge in [0.25, 0.3) is 5.91 Å². The normalized spacial score (nSPS) is 20.3. The minimum Gasteiger partial charge on any atom is -0.490 e. The lowest BCUT2D eigenvalue weighted by molar-refractivity contribution is -0.116. The van der Waals surface area contributed by atoms with E-state index in [1.54, 1.807) is 35.2 Å². The van der Waals surface area contributed by atoms with Gasteiger partial charge in [-0.25, -0.2) is 4.79 Å². The number of carbonyl (C=O) groups is 3. The fourth-order valence-corrected chi connectivity index (χ4v) is 5.68. The Morgan fingerprint density at radius 3 is 2.47 bits per heavy atom. The second-order valence-corrected chi connectivity index (χ2v) is 13.2. The quantitative estimate of drug-likeness (QED) is 0.301. The number of amides is 2. The van der Waals surface area contributed by atoms with Crippen LogP contribution in [0.25, 0.3) is 0 Å². The summed E-state index contributed by atoms with van der Waals surface area (Å²) in [5, 5.41) is 22.4. The van der Waals surface area contributed by atoms with E-state index in [0.717, 1.165) is 37.8 Å². The van der Waals surface area contributed by atoms with Crippen LogP contribution >= 0.6 is 0 Å². The molecule has 0 aromatic heterocycles. The smallest absolute Gasteiger partial charge is 0.335 e. The van der Waals surface area contributed by atoms with E-state index in [1.165, 1.54) is 0 Å². The maximum atomic E-state index is 14.3. The molecular weight excluding hydrogens is 600 g/mol. The van der Waals surface area contributed by atoms with Crippen molar-refractivity contribution in [2.75, 3.05) is 59.3 Å². The van der Waals surface area contributed by atoms with Gasteiger partial charge in [-0.05, 0) is 103 Å². The molecule has 3 rings (SSSR count). The van der Waals surface area contributed by atoms with Crippen molar-refractivity contribution in [3.63, 3.8) is 0 Å². The fraction of sp³-hybridized carbons (Fsp3) is 0.583. The average Bonchev–Trinajstić information content (AvgIpc) is 3.02. The molecule has 11 heteroatoms. The van der Waals surface area contributed by atoms with Crippen LogP contribution in [0.1, 0.15) is 79.2 Å². The van der Waals surface area contributed by atoms with Crippen molar-refractivity contribution in [1.82, 2.24) is 14.7 Å². The summed E-state index contributed by atoms with van der Waals surface area (Å²) in [4.78, 5) is 44.1. The minimum atomic E-state index is -0.955. The van der Waals surface area contributed by atoms with Gasteiger partial charge in [0.15, 0.2) is 0 Å². The summed E-state index contributed by atoms with van der Waals surface area (Å²) in [7, 11) is 5.93. The Kier molecular flexibility index (Phi) is 15.1. The molecule has 0 saturated carbocycles. The summed E-state index contributed by atoms with van der Waals surface area (Å²) >= 11 is 0. The molecule has 1 aliphatic heterocycles. The molecule has 0 aliphatic carbocycles. The first-order valence-electron chi connectivity index (χ1n) is 16.7. The molecule has 0 saturated heterocycles. The average molecular weight is 655 g/mol. The van der Waals surface area contributed by atoms with E-state index in [1.807, 2.05) is 52.0 Å². The third kappa shape index (κ3) is 12.2. The van der Waals surface area contributed by atoms with Crippen LogP contribution in [0.15, 0.2) is 42.5 Å². The van der Waals surface area contributed by atoms with E-state index in [-0.39, 0.29) is 42.1 Å². The number of aromatic carboxylic acids is 1. The number of aliphatic hydroxyl groups is 1. The molecule has 2 aromatic rings. The first-order chi connectivity index (χ1) is 22.4. The fourth-order valence-electron chi connectivity index (χ4n) is 5.68. The highest BCUT2D eigenvalue weighted by atomic mass is 16.5. The zero-order chi connectivity index (χ0) is 34.5. The van der Waals surface area contributed by atoms with Crippen molar-refractivity contribution in [1.29, 1.82) is 0 Å². The van der Waals surface area contributed by atoms with Crippen molar-refractivity contribution in [3.8, 4) is 5.75 Å². The number of nitrogens with zero attached hydrogens (tertiary/aromatic N) is 3. The van der Waals surface area contributed by atoms with E-state index < -0.39 is 12.0 Å². The maximum absolute atomic E-state index is 14.3. The number of benzene rings is 2. The summed E-state index contributed by atoms with van der Waals surface area (Å²) in [5.41, 5.74) is 2.10. The van der Waals surface area contributed by atoms with Crippen molar-refractivity contribution in [3.05, 3.63) is 59.2 Å². The number of carboxylic acid groups (broad SMARTS) is 1. The van der Waals surface area contributed by atoms with Gasteiger partial charge < -0.3 is 34.8 Å². The van der Waals surface area contributed by atoms with Crippen molar-refractivity contribution in [2.45, 2.75) is 77.7 Å². The molecule has 0 spiro atoms. The van der Waals surface area contributed by atoms with Crippen LogP contribution in [0.5, 0.6) is 5.75 Å².